The van der Waals surface area contributed by atoms with Crippen LogP contribution in [0.3, 0.4) is 0 Å². The van der Waals surface area contributed by atoms with Crippen molar-refractivity contribution < 1.29 is 14.7 Å². The van der Waals surface area contributed by atoms with Gasteiger partial charge in [-0.3, -0.25) is 4.79 Å². The van der Waals surface area contributed by atoms with Gasteiger partial charge in [-0.25, -0.2) is 4.79 Å². The number of rotatable bonds is 5. The Bertz CT molecular complexity index is 467. The van der Waals surface area contributed by atoms with Crippen molar-refractivity contribution in [3.63, 3.8) is 0 Å². The molecule has 1 unspecified atom stereocenters. The molecule has 1 aromatic heterocycles. The second kappa shape index (κ2) is 7.45. The highest BCUT2D eigenvalue weighted by Gasteiger charge is 2.28. The molecule has 0 radical (unpaired) electrons. The highest BCUT2D eigenvalue weighted by Crippen LogP contribution is 2.24. The Kier molecular flexibility index (Phi) is 5.61. The molecular formula is C15H22N2O3S. The van der Waals surface area contributed by atoms with Crippen LogP contribution in [-0.2, 0) is 4.79 Å². The monoisotopic (exact) mass is 310 g/mol. The van der Waals surface area contributed by atoms with Crippen LogP contribution < -0.4 is 5.32 Å². The fourth-order valence-corrected chi connectivity index (χ4v) is 3.45. The molecule has 1 atom stereocenters. The second-order valence-corrected chi connectivity index (χ2v) is 6.39. The second-order valence-electron chi connectivity index (χ2n) is 5.41. The third-order valence-electron chi connectivity index (χ3n) is 3.89. The molecule has 21 heavy (non-hydrogen) atoms. The maximum Gasteiger partial charge on any atom is 0.317 e. The number of piperidine rings is 1. The van der Waals surface area contributed by atoms with Crippen LogP contribution in [-0.4, -0.2) is 35.1 Å². The van der Waals surface area contributed by atoms with Gasteiger partial charge in [-0.2, -0.15) is 0 Å². The molecule has 2 amide bonds. The topological polar surface area (TPSA) is 69.6 Å². The Balaban J connectivity index is 1.89. The Morgan fingerprint density at radius 3 is 2.71 bits per heavy atom. The molecule has 1 saturated heterocycles. The lowest BCUT2D eigenvalue weighted by Gasteiger charge is -2.31. The van der Waals surface area contributed by atoms with Crippen molar-refractivity contribution >= 4 is 23.3 Å². The van der Waals surface area contributed by atoms with Crippen molar-refractivity contribution in [2.24, 2.45) is 5.92 Å². The number of urea groups is 1. The minimum atomic E-state index is -0.752. The number of nitrogens with one attached hydrogen (secondary N) is 1. The highest BCUT2D eigenvalue weighted by atomic mass is 32.1. The number of nitrogens with zero attached hydrogens (tertiary/aromatic N) is 1. The molecule has 116 valence electrons. The van der Waals surface area contributed by atoms with E-state index in [4.69, 9.17) is 5.11 Å². The van der Waals surface area contributed by atoms with Crippen molar-refractivity contribution in [2.45, 2.75) is 38.6 Å². The van der Waals surface area contributed by atoms with E-state index in [0.717, 1.165) is 12.8 Å². The smallest absolute Gasteiger partial charge is 0.317 e. The van der Waals surface area contributed by atoms with Crippen molar-refractivity contribution in [3.05, 3.63) is 22.4 Å². The number of likely N-dealkylation sites (tertiary alicyclic amines) is 1. The molecular weight excluding hydrogens is 288 g/mol. The number of thiophene rings is 1. The Morgan fingerprint density at radius 2 is 2.19 bits per heavy atom. The van der Waals surface area contributed by atoms with Gasteiger partial charge in [0, 0.05) is 18.0 Å². The minimum absolute atomic E-state index is 0.0553. The number of hydrogen-bond donors (Lipinski definition) is 2. The van der Waals surface area contributed by atoms with Gasteiger partial charge in [0.2, 0.25) is 0 Å². The van der Waals surface area contributed by atoms with Crippen LogP contribution in [0.5, 0.6) is 0 Å². The van der Waals surface area contributed by atoms with E-state index in [9.17, 15) is 9.59 Å². The van der Waals surface area contributed by atoms with Crippen LogP contribution >= 0.6 is 11.3 Å². The SMILES string of the molecule is CCCC(NC(=O)N1CCC(C(=O)O)CC1)c1cccs1. The largest absolute Gasteiger partial charge is 0.481 e. The van der Waals surface area contributed by atoms with E-state index >= 15 is 0 Å². The van der Waals surface area contributed by atoms with Gasteiger partial charge < -0.3 is 15.3 Å². The van der Waals surface area contributed by atoms with Gasteiger partial charge in [0.25, 0.3) is 0 Å². The summed E-state index contributed by atoms with van der Waals surface area (Å²) >= 11 is 1.65. The number of aliphatic carboxylic acids is 1. The lowest BCUT2D eigenvalue weighted by Crippen LogP contribution is -2.46. The van der Waals surface area contributed by atoms with Crippen LogP contribution in [0, 0.1) is 5.92 Å². The third kappa shape index (κ3) is 4.20. The van der Waals surface area contributed by atoms with E-state index in [-0.39, 0.29) is 18.0 Å². The summed E-state index contributed by atoms with van der Waals surface area (Å²) in [5, 5.41) is 14.1. The standard InChI is InChI=1S/C15H22N2O3S/c1-2-4-12(13-5-3-10-21-13)16-15(20)17-8-6-11(7-9-17)14(18)19/h3,5,10-12H,2,4,6-9H2,1H3,(H,16,20)(H,18,19). The van der Waals surface area contributed by atoms with Gasteiger partial charge in [0.1, 0.15) is 0 Å². The molecule has 1 aliphatic heterocycles. The van der Waals surface area contributed by atoms with Crippen LogP contribution in [0.15, 0.2) is 17.5 Å². The molecule has 2 heterocycles. The molecule has 0 spiro atoms. The zero-order chi connectivity index (χ0) is 15.2. The minimum Gasteiger partial charge on any atom is -0.481 e. The van der Waals surface area contributed by atoms with E-state index in [0.29, 0.717) is 25.9 Å². The fraction of sp³-hybridized carbons (Fsp3) is 0.600. The summed E-state index contributed by atoms with van der Waals surface area (Å²) < 4.78 is 0. The van der Waals surface area contributed by atoms with Crippen LogP contribution in [0.4, 0.5) is 4.79 Å². The van der Waals surface area contributed by atoms with E-state index in [2.05, 4.69) is 12.2 Å². The zero-order valence-corrected chi connectivity index (χ0v) is 13.1. The summed E-state index contributed by atoms with van der Waals surface area (Å²) in [5.74, 6) is -1.06. The maximum absolute atomic E-state index is 12.3. The fourth-order valence-electron chi connectivity index (χ4n) is 2.63. The van der Waals surface area contributed by atoms with Crippen molar-refractivity contribution in [3.8, 4) is 0 Å². The summed E-state index contributed by atoms with van der Waals surface area (Å²) in [6.07, 6.45) is 3.00. The summed E-state index contributed by atoms with van der Waals surface area (Å²) in [5.41, 5.74) is 0. The number of amides is 2. The molecule has 1 aliphatic rings. The first-order valence-electron chi connectivity index (χ1n) is 7.43. The quantitative estimate of drug-likeness (QED) is 0.878. The number of carboxylic acids is 1. The number of carbonyl (C=O) groups excluding carboxylic acids is 1. The normalized spacial score (nSPS) is 17.5. The van der Waals surface area contributed by atoms with Gasteiger partial charge in [0.15, 0.2) is 0 Å². The number of carboxylic acid groups (broad SMARTS) is 1. The van der Waals surface area contributed by atoms with Gasteiger partial charge in [-0.1, -0.05) is 19.4 Å². The van der Waals surface area contributed by atoms with Crippen LogP contribution in [0.1, 0.15) is 43.5 Å². The summed E-state index contributed by atoms with van der Waals surface area (Å²) in [4.78, 5) is 26.2. The predicted octanol–water partition coefficient (Wildman–Crippen LogP) is 3.10. The summed E-state index contributed by atoms with van der Waals surface area (Å²) in [6, 6.07) is 4.01. The predicted molar refractivity (Wildman–Crippen MR) is 82.4 cm³/mol. The van der Waals surface area contributed by atoms with E-state index in [1.165, 1.54) is 4.88 Å². The van der Waals surface area contributed by atoms with Gasteiger partial charge >= 0.3 is 12.0 Å². The maximum atomic E-state index is 12.3. The molecule has 0 aromatic carbocycles. The van der Waals surface area contributed by atoms with Crippen molar-refractivity contribution in [1.82, 2.24) is 10.2 Å². The zero-order valence-electron chi connectivity index (χ0n) is 12.2. The first kappa shape index (κ1) is 15.8. The first-order chi connectivity index (χ1) is 10.1. The van der Waals surface area contributed by atoms with Crippen molar-refractivity contribution in [1.29, 1.82) is 0 Å². The van der Waals surface area contributed by atoms with Gasteiger partial charge in [0.05, 0.1) is 12.0 Å². The van der Waals surface area contributed by atoms with Gasteiger partial charge in [-0.05, 0) is 30.7 Å². The number of carbonyl (C=O) groups is 2. The van der Waals surface area contributed by atoms with Crippen molar-refractivity contribution in [2.75, 3.05) is 13.1 Å². The molecule has 2 N–H and O–H groups in total. The summed E-state index contributed by atoms with van der Waals surface area (Å²) in [6.45, 7) is 3.14. The van der Waals surface area contributed by atoms with E-state index < -0.39 is 5.97 Å². The molecule has 5 nitrogen and oxygen atoms in total. The molecule has 0 saturated carbocycles. The Labute approximate surface area is 129 Å². The Hall–Kier alpha value is -1.56. The van der Waals surface area contributed by atoms with E-state index in [1.54, 1.807) is 16.2 Å². The van der Waals surface area contributed by atoms with Crippen LogP contribution in [0.2, 0.25) is 0 Å². The number of hydrogen-bond acceptors (Lipinski definition) is 3. The lowest BCUT2D eigenvalue weighted by atomic mass is 9.97. The van der Waals surface area contributed by atoms with Crippen LogP contribution in [0.25, 0.3) is 0 Å². The average Bonchev–Trinajstić information content (AvgIpc) is 3.01. The van der Waals surface area contributed by atoms with E-state index in [1.807, 2.05) is 17.5 Å². The molecule has 1 fully saturated rings. The highest BCUT2D eigenvalue weighted by molar-refractivity contribution is 7.10. The first-order valence-corrected chi connectivity index (χ1v) is 8.31. The van der Waals surface area contributed by atoms with Gasteiger partial charge in [-0.15, -0.1) is 11.3 Å². The summed E-state index contributed by atoms with van der Waals surface area (Å²) in [7, 11) is 0. The average molecular weight is 310 g/mol. The molecule has 0 bridgehead atoms. The molecule has 1 aromatic rings. The molecule has 6 heteroatoms. The third-order valence-corrected chi connectivity index (χ3v) is 4.88. The molecule has 2 rings (SSSR count). The Morgan fingerprint density at radius 1 is 1.48 bits per heavy atom. The molecule has 0 aliphatic carbocycles. The lowest BCUT2D eigenvalue weighted by molar-refractivity contribution is -0.143.